The molecule has 0 rings (SSSR count). The van der Waals surface area contributed by atoms with E-state index in [2.05, 4.69) is 25.6 Å². The molecule has 0 heterocycles. The molecule has 0 atom stereocenters. The van der Waals surface area contributed by atoms with E-state index in [1.54, 1.807) is 6.20 Å². The minimum atomic E-state index is 0.730. The summed E-state index contributed by atoms with van der Waals surface area (Å²) in [5, 5.41) is 0. The van der Waals surface area contributed by atoms with Gasteiger partial charge in [0.15, 0.2) is 0 Å². The molecule has 0 aromatic carbocycles. The van der Waals surface area contributed by atoms with E-state index in [0.717, 1.165) is 12.3 Å². The summed E-state index contributed by atoms with van der Waals surface area (Å²) in [6.07, 6.45) is 4.86. The normalized spacial score (nSPS) is 10.9. The number of hydrogen-bond acceptors (Lipinski definition) is 1. The Morgan fingerprint density at radius 2 is 2.25 bits per heavy atom. The molecule has 0 spiro atoms. The van der Waals surface area contributed by atoms with Gasteiger partial charge < -0.3 is 0 Å². The van der Waals surface area contributed by atoms with E-state index in [0.29, 0.717) is 0 Å². The van der Waals surface area contributed by atoms with E-state index >= 15 is 0 Å². The third-order valence-corrected chi connectivity index (χ3v) is 0.818. The van der Waals surface area contributed by atoms with E-state index < -0.39 is 0 Å². The highest BCUT2D eigenvalue weighted by molar-refractivity contribution is 5.25. The summed E-state index contributed by atoms with van der Waals surface area (Å²) < 4.78 is 0. The Morgan fingerprint density at radius 3 is 2.62 bits per heavy atom. The van der Waals surface area contributed by atoms with Crippen molar-refractivity contribution < 1.29 is 0 Å². The molecule has 0 N–H and O–H groups in total. The number of rotatable bonds is 3. The molecule has 0 aliphatic carbocycles. The fourth-order valence-electron chi connectivity index (χ4n) is 0.408. The van der Waals surface area contributed by atoms with E-state index in [4.69, 9.17) is 0 Å². The number of aliphatic imine (C=N–C) groups is 1. The average molecular weight is 111 g/mol. The maximum atomic E-state index is 3.58. The summed E-state index contributed by atoms with van der Waals surface area (Å²) in [6, 6.07) is 0. The maximum Gasteiger partial charge on any atom is 0.0220 e. The van der Waals surface area contributed by atoms with Crippen molar-refractivity contribution in [2.45, 2.75) is 20.3 Å². The number of allylic oxidation sites excluding steroid dienone is 1. The summed E-state index contributed by atoms with van der Waals surface area (Å²) in [7, 11) is 0. The van der Waals surface area contributed by atoms with Crippen molar-refractivity contribution in [2.75, 3.05) is 0 Å². The third kappa shape index (κ3) is 5.41. The largest absolute Gasteiger partial charge is 0.273 e. The molecule has 0 amide bonds. The monoisotopic (exact) mass is 111 g/mol. The third-order valence-electron chi connectivity index (χ3n) is 0.818. The van der Waals surface area contributed by atoms with Gasteiger partial charge in [-0.15, -0.1) is 0 Å². The summed E-state index contributed by atoms with van der Waals surface area (Å²) in [5.41, 5.74) is 0. The van der Waals surface area contributed by atoms with Crippen molar-refractivity contribution in [1.29, 1.82) is 0 Å². The lowest BCUT2D eigenvalue weighted by molar-refractivity contribution is 0.663. The molecule has 0 aliphatic heterocycles. The molecular weight excluding hydrogens is 98.1 g/mol. The SMILES string of the molecule is C=N/C=C\CC(C)C. The van der Waals surface area contributed by atoms with Gasteiger partial charge in [0.1, 0.15) is 0 Å². The Kier molecular flexibility index (Phi) is 4.23. The van der Waals surface area contributed by atoms with E-state index in [9.17, 15) is 0 Å². The first-order valence-electron chi connectivity index (χ1n) is 2.88. The maximum absolute atomic E-state index is 3.58. The molecular formula is C7H13N. The zero-order valence-corrected chi connectivity index (χ0v) is 5.59. The first kappa shape index (κ1) is 7.41. The van der Waals surface area contributed by atoms with Crippen LogP contribution in [0.2, 0.25) is 0 Å². The molecule has 1 heteroatoms. The van der Waals surface area contributed by atoms with Crippen LogP contribution in [0.5, 0.6) is 0 Å². The van der Waals surface area contributed by atoms with Gasteiger partial charge in [0.05, 0.1) is 0 Å². The topological polar surface area (TPSA) is 12.4 Å². The molecule has 0 unspecified atom stereocenters. The van der Waals surface area contributed by atoms with Gasteiger partial charge >= 0.3 is 0 Å². The molecule has 0 aromatic rings. The van der Waals surface area contributed by atoms with E-state index in [1.165, 1.54) is 0 Å². The van der Waals surface area contributed by atoms with E-state index in [1.807, 2.05) is 6.08 Å². The second-order valence-electron chi connectivity index (χ2n) is 2.20. The van der Waals surface area contributed by atoms with Crippen molar-refractivity contribution >= 4 is 6.72 Å². The lowest BCUT2D eigenvalue weighted by Crippen LogP contribution is -1.79. The minimum Gasteiger partial charge on any atom is -0.273 e. The Labute approximate surface area is 51.1 Å². The summed E-state index contributed by atoms with van der Waals surface area (Å²) >= 11 is 0. The van der Waals surface area contributed by atoms with E-state index in [-0.39, 0.29) is 0 Å². The molecule has 0 saturated heterocycles. The molecule has 0 aliphatic rings. The fourth-order valence-corrected chi connectivity index (χ4v) is 0.408. The van der Waals surface area contributed by atoms with Crippen LogP contribution >= 0.6 is 0 Å². The molecule has 0 aromatic heterocycles. The van der Waals surface area contributed by atoms with Crippen LogP contribution in [-0.2, 0) is 0 Å². The van der Waals surface area contributed by atoms with Gasteiger partial charge in [0, 0.05) is 6.20 Å². The molecule has 1 nitrogen and oxygen atoms in total. The highest BCUT2D eigenvalue weighted by atomic mass is 14.6. The Morgan fingerprint density at radius 1 is 1.62 bits per heavy atom. The van der Waals surface area contributed by atoms with Gasteiger partial charge in [-0.1, -0.05) is 19.9 Å². The van der Waals surface area contributed by atoms with Gasteiger partial charge in [-0.25, -0.2) is 0 Å². The van der Waals surface area contributed by atoms with Crippen LogP contribution in [0.3, 0.4) is 0 Å². The van der Waals surface area contributed by atoms with Crippen molar-refractivity contribution in [2.24, 2.45) is 10.9 Å². The van der Waals surface area contributed by atoms with Crippen LogP contribution in [0.15, 0.2) is 17.3 Å². The molecule has 8 heavy (non-hydrogen) atoms. The fraction of sp³-hybridized carbons (Fsp3) is 0.571. The van der Waals surface area contributed by atoms with Crippen molar-refractivity contribution in [1.82, 2.24) is 0 Å². The van der Waals surface area contributed by atoms with Crippen LogP contribution in [0, 0.1) is 5.92 Å². The Balaban J connectivity index is 3.15. The summed E-state index contributed by atoms with van der Waals surface area (Å²) in [4.78, 5) is 3.58. The predicted octanol–water partition coefficient (Wildman–Crippen LogP) is 2.25. The molecule has 0 radical (unpaired) electrons. The van der Waals surface area contributed by atoms with Crippen LogP contribution in [0.4, 0.5) is 0 Å². The lowest BCUT2D eigenvalue weighted by Gasteiger charge is -1.93. The molecule has 46 valence electrons. The number of hydrogen-bond donors (Lipinski definition) is 0. The lowest BCUT2D eigenvalue weighted by atomic mass is 10.1. The van der Waals surface area contributed by atoms with Gasteiger partial charge in [-0.2, -0.15) is 0 Å². The van der Waals surface area contributed by atoms with Crippen LogP contribution in [0.25, 0.3) is 0 Å². The minimum absolute atomic E-state index is 0.730. The van der Waals surface area contributed by atoms with Crippen molar-refractivity contribution in [3.8, 4) is 0 Å². The predicted molar refractivity (Wildman–Crippen MR) is 38.1 cm³/mol. The Bertz CT molecular complexity index is 82.4. The van der Waals surface area contributed by atoms with Gasteiger partial charge in [-0.05, 0) is 19.1 Å². The zero-order chi connectivity index (χ0) is 6.41. The van der Waals surface area contributed by atoms with Crippen LogP contribution < -0.4 is 0 Å². The van der Waals surface area contributed by atoms with Gasteiger partial charge in [-0.3, -0.25) is 4.99 Å². The van der Waals surface area contributed by atoms with Gasteiger partial charge in [0.2, 0.25) is 0 Å². The quantitative estimate of drug-likeness (QED) is 0.495. The highest BCUT2D eigenvalue weighted by Gasteiger charge is 1.84. The average Bonchev–Trinajstić information content (AvgIpc) is 1.66. The second kappa shape index (κ2) is 4.57. The summed E-state index contributed by atoms with van der Waals surface area (Å²) in [6.45, 7) is 7.67. The van der Waals surface area contributed by atoms with Crippen molar-refractivity contribution in [3.05, 3.63) is 12.3 Å². The molecule has 0 saturated carbocycles. The second-order valence-corrected chi connectivity index (χ2v) is 2.20. The standard InChI is InChI=1S/C7H13N/c1-7(2)5-4-6-8-3/h4,6-7H,3,5H2,1-2H3/b6-4-. The summed E-state index contributed by atoms with van der Waals surface area (Å²) in [5.74, 6) is 0.730. The first-order valence-corrected chi connectivity index (χ1v) is 2.88. The van der Waals surface area contributed by atoms with Crippen LogP contribution in [0.1, 0.15) is 20.3 Å². The smallest absolute Gasteiger partial charge is 0.0220 e. The number of nitrogens with zero attached hydrogens (tertiary/aromatic N) is 1. The molecule has 0 bridgehead atoms. The Hall–Kier alpha value is -0.590. The zero-order valence-electron chi connectivity index (χ0n) is 5.59. The first-order chi connectivity index (χ1) is 3.77. The highest BCUT2D eigenvalue weighted by Crippen LogP contribution is 1.98. The van der Waals surface area contributed by atoms with Crippen LogP contribution in [-0.4, -0.2) is 6.72 Å². The molecule has 0 fully saturated rings. The van der Waals surface area contributed by atoms with Crippen molar-refractivity contribution in [3.63, 3.8) is 0 Å². The van der Waals surface area contributed by atoms with Gasteiger partial charge in [0.25, 0.3) is 0 Å².